The molecule has 0 atom stereocenters. The minimum atomic E-state index is -0.494. The van der Waals surface area contributed by atoms with Crippen LogP contribution in [0.15, 0.2) is 24.5 Å². The number of hydrogen-bond acceptors (Lipinski definition) is 8. The number of morpholine rings is 1. The van der Waals surface area contributed by atoms with Gasteiger partial charge in [-0.25, -0.2) is 9.97 Å². The first kappa shape index (κ1) is 20.2. The lowest BCUT2D eigenvalue weighted by atomic mass is 10.0. The van der Waals surface area contributed by atoms with Crippen LogP contribution < -0.4 is 4.90 Å². The van der Waals surface area contributed by atoms with Gasteiger partial charge >= 0.3 is 5.97 Å². The maximum Gasteiger partial charge on any atom is 0.315 e. The summed E-state index contributed by atoms with van der Waals surface area (Å²) in [5.74, 6) is 0.768. The fourth-order valence-electron chi connectivity index (χ4n) is 3.72. The molecule has 9 heteroatoms. The van der Waals surface area contributed by atoms with Crippen molar-refractivity contribution < 1.29 is 19.1 Å². The van der Waals surface area contributed by atoms with Gasteiger partial charge in [0.2, 0.25) is 5.91 Å². The minimum absolute atomic E-state index is 0.231. The zero-order valence-corrected chi connectivity index (χ0v) is 17.0. The number of ether oxygens (including phenoxy) is 2. The lowest BCUT2D eigenvalue weighted by molar-refractivity contribution is -0.148. The summed E-state index contributed by atoms with van der Waals surface area (Å²) in [6.07, 6.45) is 3.82. The lowest BCUT2D eigenvalue weighted by Crippen LogP contribution is -2.41. The van der Waals surface area contributed by atoms with Gasteiger partial charge < -0.3 is 19.3 Å². The first-order chi connectivity index (χ1) is 14.7. The molecule has 0 radical (unpaired) electrons. The van der Waals surface area contributed by atoms with Gasteiger partial charge in [0.05, 0.1) is 32.1 Å². The number of esters is 1. The summed E-state index contributed by atoms with van der Waals surface area (Å²) in [6.45, 7) is 5.63. The fourth-order valence-corrected chi connectivity index (χ4v) is 3.72. The van der Waals surface area contributed by atoms with E-state index in [1.807, 2.05) is 12.1 Å². The third-order valence-corrected chi connectivity index (χ3v) is 5.24. The molecule has 0 unspecified atom stereocenters. The van der Waals surface area contributed by atoms with Crippen molar-refractivity contribution in [3.8, 4) is 11.4 Å². The number of fused-ring (bicyclic) bond motifs is 1. The molecule has 0 bridgehead atoms. The molecule has 0 aliphatic carbocycles. The van der Waals surface area contributed by atoms with Crippen molar-refractivity contribution in [2.45, 2.75) is 26.3 Å². The van der Waals surface area contributed by atoms with Gasteiger partial charge in [-0.2, -0.15) is 0 Å². The van der Waals surface area contributed by atoms with Gasteiger partial charge in [0.1, 0.15) is 12.2 Å². The molecule has 1 saturated heterocycles. The number of rotatable bonds is 5. The third kappa shape index (κ3) is 4.40. The van der Waals surface area contributed by atoms with Gasteiger partial charge in [0.15, 0.2) is 5.82 Å². The molecule has 0 spiro atoms. The van der Waals surface area contributed by atoms with Gasteiger partial charge in [0, 0.05) is 49.6 Å². The van der Waals surface area contributed by atoms with Crippen molar-refractivity contribution in [2.24, 2.45) is 0 Å². The smallest absolute Gasteiger partial charge is 0.315 e. The Morgan fingerprint density at radius 2 is 1.90 bits per heavy atom. The van der Waals surface area contributed by atoms with Crippen LogP contribution in [-0.2, 0) is 32.0 Å². The van der Waals surface area contributed by atoms with Crippen molar-refractivity contribution in [1.82, 2.24) is 19.9 Å². The highest BCUT2D eigenvalue weighted by Crippen LogP contribution is 2.30. The maximum atomic E-state index is 12.6. The number of nitrogens with zero attached hydrogens (tertiary/aromatic N) is 5. The Bertz CT molecular complexity index is 915. The minimum Gasteiger partial charge on any atom is -0.466 e. The number of carbonyl (C=O) groups excluding carboxylic acids is 2. The van der Waals surface area contributed by atoms with Crippen molar-refractivity contribution >= 4 is 17.7 Å². The molecule has 30 heavy (non-hydrogen) atoms. The summed E-state index contributed by atoms with van der Waals surface area (Å²) >= 11 is 0. The van der Waals surface area contributed by atoms with E-state index >= 15 is 0 Å². The molecule has 0 aromatic carbocycles. The van der Waals surface area contributed by atoms with Crippen LogP contribution in [0.5, 0.6) is 0 Å². The second kappa shape index (κ2) is 9.17. The van der Waals surface area contributed by atoms with E-state index in [-0.39, 0.29) is 18.9 Å². The highest BCUT2D eigenvalue weighted by Gasteiger charge is 2.29. The van der Waals surface area contributed by atoms with Crippen molar-refractivity contribution in [1.29, 1.82) is 0 Å². The normalized spacial score (nSPS) is 16.2. The fraction of sp³-hybridized carbons (Fsp3) is 0.476. The zero-order chi connectivity index (χ0) is 20.9. The number of amides is 1. The molecule has 4 heterocycles. The molecule has 2 aliphatic rings. The molecule has 2 aliphatic heterocycles. The molecule has 1 amide bonds. The Balaban J connectivity index is 1.64. The molecule has 4 rings (SSSR count). The number of carbonyl (C=O) groups is 2. The number of aromatic nitrogens is 3. The molecular formula is C21H25N5O4. The van der Waals surface area contributed by atoms with Crippen molar-refractivity contribution in [2.75, 3.05) is 44.4 Å². The Labute approximate surface area is 175 Å². The van der Waals surface area contributed by atoms with E-state index < -0.39 is 5.97 Å². The first-order valence-corrected chi connectivity index (χ1v) is 10.2. The average molecular weight is 411 g/mol. The van der Waals surface area contributed by atoms with Gasteiger partial charge in [-0.3, -0.25) is 14.6 Å². The van der Waals surface area contributed by atoms with Crippen LogP contribution in [0.1, 0.15) is 24.6 Å². The van der Waals surface area contributed by atoms with E-state index in [1.165, 1.54) is 0 Å². The van der Waals surface area contributed by atoms with E-state index in [0.29, 0.717) is 38.5 Å². The lowest BCUT2D eigenvalue weighted by Gasteiger charge is -2.34. The van der Waals surface area contributed by atoms with Gasteiger partial charge in [-0.05, 0) is 19.1 Å². The Morgan fingerprint density at radius 1 is 1.13 bits per heavy atom. The Morgan fingerprint density at radius 3 is 2.63 bits per heavy atom. The summed E-state index contributed by atoms with van der Waals surface area (Å²) in [5.41, 5.74) is 2.79. The molecule has 158 valence electrons. The Kier molecular flexibility index (Phi) is 6.18. The number of pyridine rings is 1. The van der Waals surface area contributed by atoms with Crippen molar-refractivity contribution in [3.63, 3.8) is 0 Å². The van der Waals surface area contributed by atoms with Crippen LogP contribution in [0.3, 0.4) is 0 Å². The maximum absolute atomic E-state index is 12.6. The van der Waals surface area contributed by atoms with Crippen LogP contribution in [0.25, 0.3) is 11.4 Å². The van der Waals surface area contributed by atoms with Gasteiger partial charge in [-0.1, -0.05) is 0 Å². The quantitative estimate of drug-likeness (QED) is 0.535. The van der Waals surface area contributed by atoms with Gasteiger partial charge in [-0.15, -0.1) is 0 Å². The molecule has 0 N–H and O–H groups in total. The summed E-state index contributed by atoms with van der Waals surface area (Å²) in [7, 11) is 0. The van der Waals surface area contributed by atoms with Crippen molar-refractivity contribution in [3.05, 3.63) is 35.8 Å². The first-order valence-electron chi connectivity index (χ1n) is 10.2. The van der Waals surface area contributed by atoms with E-state index in [4.69, 9.17) is 19.4 Å². The molecule has 0 saturated carbocycles. The summed E-state index contributed by atoms with van der Waals surface area (Å²) in [5, 5.41) is 0. The topological polar surface area (TPSA) is 97.8 Å². The van der Waals surface area contributed by atoms with Crippen LogP contribution >= 0.6 is 0 Å². The summed E-state index contributed by atoms with van der Waals surface area (Å²) in [4.78, 5) is 42.0. The highest BCUT2D eigenvalue weighted by atomic mass is 16.5. The molecule has 1 fully saturated rings. The predicted octanol–water partition coefficient (Wildman–Crippen LogP) is 1.21. The number of hydrogen-bond donors (Lipinski definition) is 0. The third-order valence-electron chi connectivity index (χ3n) is 5.24. The van der Waals surface area contributed by atoms with Gasteiger partial charge in [0.25, 0.3) is 0 Å². The van der Waals surface area contributed by atoms with E-state index in [1.54, 1.807) is 24.2 Å². The SMILES string of the molecule is CCOC(=O)CC(=O)N1CCc2nc(-c3ccncc3)nc(N3CCOCC3)c2C1. The van der Waals surface area contributed by atoms with Crippen LogP contribution in [0.4, 0.5) is 5.82 Å². The number of anilines is 1. The second-order valence-electron chi connectivity index (χ2n) is 7.18. The zero-order valence-electron chi connectivity index (χ0n) is 17.0. The van der Waals surface area contributed by atoms with E-state index in [0.717, 1.165) is 35.7 Å². The Hall–Kier alpha value is -3.07. The van der Waals surface area contributed by atoms with E-state index in [2.05, 4.69) is 9.88 Å². The predicted molar refractivity (Wildman–Crippen MR) is 109 cm³/mol. The molecule has 9 nitrogen and oxygen atoms in total. The van der Waals surface area contributed by atoms with E-state index in [9.17, 15) is 9.59 Å². The molecule has 2 aromatic heterocycles. The monoisotopic (exact) mass is 411 g/mol. The summed E-state index contributed by atoms with van der Waals surface area (Å²) in [6, 6.07) is 3.78. The second-order valence-corrected chi connectivity index (χ2v) is 7.18. The molecular weight excluding hydrogens is 386 g/mol. The largest absolute Gasteiger partial charge is 0.466 e. The van der Waals surface area contributed by atoms with Crippen LogP contribution in [0.2, 0.25) is 0 Å². The molecule has 2 aromatic rings. The summed E-state index contributed by atoms with van der Waals surface area (Å²) < 4.78 is 10.4. The van der Waals surface area contributed by atoms with Crippen LogP contribution in [-0.4, -0.2) is 71.2 Å². The average Bonchev–Trinajstić information content (AvgIpc) is 2.79. The van der Waals surface area contributed by atoms with Crippen LogP contribution in [0, 0.1) is 0 Å². The standard InChI is InChI=1S/C21H25N5O4/c1-2-30-19(28)13-18(27)26-8-5-17-16(14-26)21(25-9-11-29-12-10-25)24-20(23-17)15-3-6-22-7-4-15/h3-4,6-7H,2,5,8-14H2,1H3. The highest BCUT2D eigenvalue weighted by molar-refractivity contribution is 5.94.